The maximum Gasteiger partial charge on any atom is 0.329 e. The Bertz CT molecular complexity index is 1140. The van der Waals surface area contributed by atoms with Crippen LogP contribution in [-0.2, 0) is 13.1 Å². The van der Waals surface area contributed by atoms with Crippen LogP contribution in [0.15, 0.2) is 71.5 Å². The molecule has 1 heterocycles. The number of hydrogen-bond donors (Lipinski definition) is 1. The Hall–Kier alpha value is -3.05. The van der Waals surface area contributed by atoms with E-state index in [4.69, 9.17) is 4.74 Å². The average Bonchev–Trinajstić information content (AvgIpc) is 2.97. The molecule has 1 N–H and O–H groups in total. The zero-order chi connectivity index (χ0) is 18.8. The molecule has 0 aliphatic heterocycles. The Balaban J connectivity index is 1.51. The minimum atomic E-state index is -0.787. The topological polar surface area (TPSA) is 56.4 Å². The summed E-state index contributed by atoms with van der Waals surface area (Å²) >= 11 is 0. The van der Waals surface area contributed by atoms with Gasteiger partial charge in [0.2, 0.25) is 0 Å². The Labute approximate surface area is 157 Å². The summed E-state index contributed by atoms with van der Waals surface area (Å²) in [5, 5.41) is 12.7. The van der Waals surface area contributed by atoms with Gasteiger partial charge in [-0.2, -0.15) is 0 Å². The van der Waals surface area contributed by atoms with Gasteiger partial charge in [-0.3, -0.25) is 9.13 Å². The van der Waals surface area contributed by atoms with E-state index < -0.39 is 6.10 Å². The van der Waals surface area contributed by atoms with E-state index in [-0.39, 0.29) is 18.8 Å². The van der Waals surface area contributed by atoms with E-state index in [2.05, 4.69) is 0 Å². The van der Waals surface area contributed by atoms with Gasteiger partial charge in [-0.15, -0.1) is 0 Å². The molecule has 1 atom stereocenters. The van der Waals surface area contributed by atoms with Crippen LogP contribution in [0.2, 0.25) is 0 Å². The van der Waals surface area contributed by atoms with Crippen molar-refractivity contribution in [1.29, 1.82) is 0 Å². The fourth-order valence-corrected chi connectivity index (χ4v) is 3.47. The SMILES string of the molecule is CCn1c(=O)n(CC(O)COc2ccc3ccccc3c2)c2ccccc21. The van der Waals surface area contributed by atoms with Crippen LogP contribution in [0.3, 0.4) is 0 Å². The summed E-state index contributed by atoms with van der Waals surface area (Å²) in [7, 11) is 0. The number of benzene rings is 3. The Morgan fingerprint density at radius 2 is 1.59 bits per heavy atom. The maximum atomic E-state index is 12.6. The van der Waals surface area contributed by atoms with E-state index >= 15 is 0 Å². The van der Waals surface area contributed by atoms with Crippen molar-refractivity contribution in [2.45, 2.75) is 26.1 Å². The second-order valence-electron chi connectivity index (χ2n) is 6.60. The lowest BCUT2D eigenvalue weighted by Crippen LogP contribution is -2.31. The van der Waals surface area contributed by atoms with Crippen molar-refractivity contribution in [3.05, 3.63) is 77.2 Å². The molecule has 0 aliphatic carbocycles. The van der Waals surface area contributed by atoms with E-state index in [1.807, 2.05) is 73.7 Å². The molecule has 0 saturated carbocycles. The molecule has 4 rings (SSSR count). The van der Waals surface area contributed by atoms with Gasteiger partial charge in [0.15, 0.2) is 0 Å². The minimum Gasteiger partial charge on any atom is -0.491 e. The van der Waals surface area contributed by atoms with Gasteiger partial charge >= 0.3 is 5.69 Å². The molecule has 0 radical (unpaired) electrons. The molecule has 1 aromatic heterocycles. The number of aryl methyl sites for hydroxylation is 1. The highest BCUT2D eigenvalue weighted by atomic mass is 16.5. The lowest BCUT2D eigenvalue weighted by molar-refractivity contribution is 0.0925. The van der Waals surface area contributed by atoms with Crippen LogP contribution < -0.4 is 10.4 Å². The van der Waals surface area contributed by atoms with Crippen molar-refractivity contribution in [3.63, 3.8) is 0 Å². The Kier molecular flexibility index (Phi) is 4.69. The first kappa shape index (κ1) is 17.4. The molecule has 3 aromatic carbocycles. The van der Waals surface area contributed by atoms with E-state index in [0.29, 0.717) is 12.3 Å². The molecular formula is C22H22N2O3. The van der Waals surface area contributed by atoms with Crippen molar-refractivity contribution in [3.8, 4) is 5.75 Å². The van der Waals surface area contributed by atoms with Gasteiger partial charge < -0.3 is 9.84 Å². The molecule has 0 fully saturated rings. The summed E-state index contributed by atoms with van der Waals surface area (Å²) in [6.45, 7) is 2.85. The summed E-state index contributed by atoms with van der Waals surface area (Å²) in [5.74, 6) is 0.705. The summed E-state index contributed by atoms with van der Waals surface area (Å²) in [6.07, 6.45) is -0.787. The minimum absolute atomic E-state index is 0.108. The van der Waals surface area contributed by atoms with Crippen molar-refractivity contribution in [1.82, 2.24) is 9.13 Å². The Morgan fingerprint density at radius 3 is 2.33 bits per heavy atom. The molecule has 27 heavy (non-hydrogen) atoms. The number of ether oxygens (including phenoxy) is 1. The lowest BCUT2D eigenvalue weighted by atomic mass is 10.1. The highest BCUT2D eigenvalue weighted by Crippen LogP contribution is 2.21. The number of rotatable bonds is 6. The molecule has 138 valence electrons. The van der Waals surface area contributed by atoms with Crippen molar-refractivity contribution in [2.75, 3.05) is 6.61 Å². The van der Waals surface area contributed by atoms with Crippen LogP contribution in [-0.4, -0.2) is 27.0 Å². The highest BCUT2D eigenvalue weighted by Gasteiger charge is 2.15. The molecule has 0 saturated heterocycles. The number of aliphatic hydroxyl groups is 1. The average molecular weight is 362 g/mol. The smallest absolute Gasteiger partial charge is 0.329 e. The first-order chi connectivity index (χ1) is 13.2. The third-order valence-corrected chi connectivity index (χ3v) is 4.80. The monoisotopic (exact) mass is 362 g/mol. The van der Waals surface area contributed by atoms with E-state index in [1.54, 1.807) is 9.13 Å². The van der Waals surface area contributed by atoms with Crippen LogP contribution >= 0.6 is 0 Å². The number of imidazole rings is 1. The first-order valence-corrected chi connectivity index (χ1v) is 9.15. The van der Waals surface area contributed by atoms with Gasteiger partial charge in [-0.1, -0.05) is 42.5 Å². The van der Waals surface area contributed by atoms with Gasteiger partial charge in [0.1, 0.15) is 18.5 Å². The molecule has 0 amide bonds. The summed E-state index contributed by atoms with van der Waals surface area (Å²) in [6, 6.07) is 21.5. The fourth-order valence-electron chi connectivity index (χ4n) is 3.47. The zero-order valence-electron chi connectivity index (χ0n) is 15.2. The van der Waals surface area contributed by atoms with Gasteiger partial charge in [-0.25, -0.2) is 4.79 Å². The number of hydrogen-bond acceptors (Lipinski definition) is 3. The quantitative estimate of drug-likeness (QED) is 0.572. The van der Waals surface area contributed by atoms with Crippen LogP contribution in [0, 0.1) is 0 Å². The lowest BCUT2D eigenvalue weighted by Gasteiger charge is -2.13. The number of para-hydroxylation sites is 2. The zero-order valence-corrected chi connectivity index (χ0v) is 15.2. The van der Waals surface area contributed by atoms with Crippen molar-refractivity contribution in [2.24, 2.45) is 0 Å². The molecule has 0 aliphatic rings. The number of nitrogens with zero attached hydrogens (tertiary/aromatic N) is 2. The normalized spacial score (nSPS) is 12.5. The first-order valence-electron chi connectivity index (χ1n) is 9.15. The predicted molar refractivity (Wildman–Crippen MR) is 107 cm³/mol. The van der Waals surface area contributed by atoms with Gasteiger partial charge in [0, 0.05) is 6.54 Å². The number of fused-ring (bicyclic) bond motifs is 2. The Morgan fingerprint density at radius 1 is 0.926 bits per heavy atom. The summed E-state index contributed by atoms with van der Waals surface area (Å²) in [4.78, 5) is 12.6. The van der Waals surface area contributed by atoms with Gasteiger partial charge in [0.25, 0.3) is 0 Å². The number of aliphatic hydroxyl groups excluding tert-OH is 1. The third kappa shape index (κ3) is 3.34. The third-order valence-electron chi connectivity index (χ3n) is 4.80. The molecular weight excluding hydrogens is 340 g/mol. The van der Waals surface area contributed by atoms with Crippen molar-refractivity contribution < 1.29 is 9.84 Å². The highest BCUT2D eigenvalue weighted by molar-refractivity contribution is 5.83. The van der Waals surface area contributed by atoms with Crippen molar-refractivity contribution >= 4 is 21.8 Å². The maximum absolute atomic E-state index is 12.6. The van der Waals surface area contributed by atoms with Gasteiger partial charge in [-0.05, 0) is 42.0 Å². The molecule has 1 unspecified atom stereocenters. The summed E-state index contributed by atoms with van der Waals surface area (Å²) < 4.78 is 9.09. The predicted octanol–water partition coefficient (Wildman–Crippen LogP) is 3.42. The summed E-state index contributed by atoms with van der Waals surface area (Å²) in [5.41, 5.74) is 1.60. The largest absolute Gasteiger partial charge is 0.491 e. The van der Waals surface area contributed by atoms with E-state index in [9.17, 15) is 9.90 Å². The van der Waals surface area contributed by atoms with Crippen LogP contribution in [0.25, 0.3) is 21.8 Å². The molecule has 5 nitrogen and oxygen atoms in total. The van der Waals surface area contributed by atoms with Gasteiger partial charge in [0.05, 0.1) is 17.6 Å². The van der Waals surface area contributed by atoms with Crippen LogP contribution in [0.4, 0.5) is 0 Å². The number of aromatic nitrogens is 2. The fraction of sp³-hybridized carbons (Fsp3) is 0.227. The van der Waals surface area contributed by atoms with Crippen LogP contribution in [0.5, 0.6) is 5.75 Å². The van der Waals surface area contributed by atoms with E-state index in [0.717, 1.165) is 21.8 Å². The van der Waals surface area contributed by atoms with E-state index in [1.165, 1.54) is 0 Å². The second kappa shape index (κ2) is 7.29. The standard InChI is InChI=1S/C22H22N2O3/c1-2-23-20-9-5-6-10-21(20)24(22(23)26)14-18(25)15-27-19-12-11-16-7-3-4-8-17(16)13-19/h3-13,18,25H,2,14-15H2,1H3. The molecule has 4 aromatic rings. The van der Waals surface area contributed by atoms with Crippen LogP contribution in [0.1, 0.15) is 6.92 Å². The molecule has 0 bridgehead atoms. The molecule has 0 spiro atoms. The molecule has 5 heteroatoms. The second-order valence-corrected chi connectivity index (χ2v) is 6.60.